The zero-order valence-electron chi connectivity index (χ0n) is 21.7. The third kappa shape index (κ3) is 115. The molecule has 0 saturated heterocycles. The first-order chi connectivity index (χ1) is 18.3. The Morgan fingerprint density at radius 1 is 0.611 bits per heavy atom. The maximum absolute atomic E-state index is 9.78. The molecule has 0 spiro atoms. The Morgan fingerprint density at radius 3 is 0.861 bits per heavy atom. The number of carboxylic acid groups (broad SMARTS) is 2. The lowest BCUT2D eigenvalue weighted by Gasteiger charge is -1.97. The van der Waals surface area contributed by atoms with Crippen LogP contribution in [-0.2, 0) is 47.9 Å². The van der Waals surface area contributed by atoms with Gasteiger partial charge in [0.1, 0.15) is 0 Å². The first-order valence-electron chi connectivity index (χ1n) is 10.9. The first kappa shape index (κ1) is 41.4. The minimum absolute atomic E-state index is 0.250. The van der Waals surface area contributed by atoms with Gasteiger partial charge in [-0.15, -0.1) is 13.2 Å². The summed E-state index contributed by atoms with van der Waals surface area (Å²) in [6, 6.07) is 0. The minimum Gasteiger partial charge on any atom is -0.478 e. The molecule has 12 nitrogen and oxygen atoms in total. The van der Waals surface area contributed by atoms with Gasteiger partial charge in [0.2, 0.25) is 0 Å². The van der Waals surface area contributed by atoms with Crippen LogP contribution in [0.1, 0.15) is 54.3 Å². The average molecular weight is 516 g/mol. The number of hydrogen-bond acceptors (Lipinski definition) is 10. The first-order valence-corrected chi connectivity index (χ1v) is 9.87. The van der Waals surface area contributed by atoms with E-state index in [1.807, 2.05) is 0 Å². The molecule has 2 rings (SSSR count). The van der Waals surface area contributed by atoms with Crippen molar-refractivity contribution in [2.45, 2.75) is 51.4 Å². The lowest BCUT2D eigenvalue weighted by Crippen LogP contribution is -1.86. The van der Waals surface area contributed by atoms with E-state index in [0.717, 1.165) is 24.3 Å². The fourth-order valence-corrected chi connectivity index (χ4v) is 1.80. The van der Waals surface area contributed by atoms with Crippen molar-refractivity contribution in [2.75, 3.05) is 0 Å². The highest BCUT2D eigenvalue weighted by molar-refractivity contribution is 5.82. The van der Waals surface area contributed by atoms with Crippen LogP contribution in [0.5, 0.6) is 0 Å². The van der Waals surface area contributed by atoms with Crippen LogP contribution in [0.4, 0.5) is 0 Å². The molecule has 0 bridgehead atoms. The second-order valence-electron chi connectivity index (χ2n) is 5.24. The van der Waals surface area contributed by atoms with Crippen LogP contribution < -0.4 is 0 Å². The maximum Gasteiger partial charge on any atom is 0.373 e. The molecular weight excluding hydrogens is 480 g/mol. The number of aliphatic carboxylic acids is 2. The van der Waals surface area contributed by atoms with Gasteiger partial charge in [0.15, 0.2) is 0 Å². The Kier molecular flexibility index (Phi) is 65.9. The molecule has 0 saturated carbocycles. The van der Waals surface area contributed by atoms with E-state index in [1.165, 1.54) is 51.4 Å². The largest absolute Gasteiger partial charge is 0.478 e. The van der Waals surface area contributed by atoms with Gasteiger partial charge in [-0.25, -0.2) is 9.59 Å². The zero-order chi connectivity index (χ0) is 31.3. The SMILES string of the molecule is C1=CCCCC1.C1=CCCCC1.C=C.O=C(O)/C=C/C=C/C(=O)O.O=C=O.O=C=O.O=C=O.O=C=O.[2H][3H]. The smallest absolute Gasteiger partial charge is 0.373 e. The molecule has 0 amide bonds. The Hall–Kier alpha value is -4.84. The Morgan fingerprint density at radius 2 is 0.778 bits per heavy atom. The number of carbonyl (C=O) groups excluding carboxylic acids is 8. The Bertz CT molecular complexity index is 659. The maximum atomic E-state index is 9.78. The molecule has 0 aliphatic heterocycles. The molecule has 36 heavy (non-hydrogen) atoms. The molecule has 0 fully saturated rings. The number of rotatable bonds is 3. The normalized spacial score (nSPS) is 11.3. The standard InChI is InChI=1S/C6H6O4.2C6H10.C2H4.4CO2.H2/c7-5(8)3-1-2-4-6(9)10;2*1-2-4-6-5-3-1;1-2;4*2-1-3;/h1-4H,(H,7,8)(H,9,10);2*1-2H,3-6H2;1-2H2;;;;;1H/b3-1+,4-2+;;;;;;;;/i;;;;;;;;1+2D. The van der Waals surface area contributed by atoms with Crippen molar-refractivity contribution in [2.24, 2.45) is 0 Å². The summed E-state index contributed by atoms with van der Waals surface area (Å²) < 4.78 is 10.0. The quantitative estimate of drug-likeness (QED) is 0.315. The third-order valence-electron chi connectivity index (χ3n) is 2.91. The molecule has 200 valence electrons. The van der Waals surface area contributed by atoms with Crippen LogP contribution in [0.2, 0.25) is 0 Å². The van der Waals surface area contributed by atoms with E-state index in [-0.39, 0.29) is 24.6 Å². The lowest BCUT2D eigenvalue weighted by molar-refractivity contribution is -0.193. The zero-order valence-corrected chi connectivity index (χ0v) is 19.7. The number of hydrogen-bond donors (Lipinski definition) is 2. The van der Waals surface area contributed by atoms with Gasteiger partial charge in [0.25, 0.3) is 0 Å². The summed E-state index contributed by atoms with van der Waals surface area (Å²) in [6.07, 6.45) is 25.0. The van der Waals surface area contributed by atoms with Gasteiger partial charge in [-0.1, -0.05) is 36.5 Å². The van der Waals surface area contributed by atoms with Crippen LogP contribution in [0, 0.1) is 0 Å². The van der Waals surface area contributed by atoms with Crippen molar-refractivity contribution in [1.82, 2.24) is 0 Å². The summed E-state index contributed by atoms with van der Waals surface area (Å²) in [7, 11) is 0. The van der Waals surface area contributed by atoms with Crippen molar-refractivity contribution in [1.29, 1.82) is 0 Å². The second-order valence-corrected chi connectivity index (χ2v) is 5.24. The van der Waals surface area contributed by atoms with Gasteiger partial charge in [0, 0.05) is 15.1 Å². The molecule has 0 aromatic rings. The molecular formula is C24H32O12. The van der Waals surface area contributed by atoms with Gasteiger partial charge in [0.05, 0.1) is 0 Å². The summed E-state index contributed by atoms with van der Waals surface area (Å²) in [4.78, 5) is 84.6. The second kappa shape index (κ2) is 57.3. The van der Waals surface area contributed by atoms with E-state index in [9.17, 15) is 9.59 Å². The van der Waals surface area contributed by atoms with E-state index < -0.39 is 11.9 Å². The van der Waals surface area contributed by atoms with Crippen LogP contribution in [-0.4, -0.2) is 46.8 Å². The molecule has 2 aliphatic carbocycles. The van der Waals surface area contributed by atoms with Crippen molar-refractivity contribution >= 4 is 36.5 Å². The summed E-state index contributed by atoms with van der Waals surface area (Å²) in [5.74, 6) is -2.20. The lowest BCUT2D eigenvalue weighted by atomic mass is 10.1. The van der Waals surface area contributed by atoms with Gasteiger partial charge in [-0.2, -0.15) is 38.4 Å². The van der Waals surface area contributed by atoms with Crippen molar-refractivity contribution < 1.29 is 61.1 Å². The summed E-state index contributed by atoms with van der Waals surface area (Å²) in [6.45, 7) is 6.00. The van der Waals surface area contributed by atoms with Gasteiger partial charge >= 0.3 is 36.5 Å². The number of carbonyl (C=O) groups is 2. The summed E-state index contributed by atoms with van der Waals surface area (Å²) in [5.41, 5.74) is 0. The predicted octanol–water partition coefficient (Wildman–Crippen LogP) is 3.22. The Labute approximate surface area is 211 Å². The van der Waals surface area contributed by atoms with Crippen molar-refractivity contribution in [3.63, 3.8) is 0 Å². The number of allylic oxidation sites excluding steroid dienone is 6. The monoisotopic (exact) mass is 515 g/mol. The molecule has 0 aromatic heterocycles. The highest BCUT2D eigenvalue weighted by Gasteiger charge is 1.87. The van der Waals surface area contributed by atoms with E-state index in [4.69, 9.17) is 51.5 Å². The predicted molar refractivity (Wildman–Crippen MR) is 122 cm³/mol. The van der Waals surface area contributed by atoms with E-state index in [1.54, 1.807) is 0 Å². The molecule has 0 heterocycles. The molecule has 0 aromatic carbocycles. The fourth-order valence-electron chi connectivity index (χ4n) is 1.80. The van der Waals surface area contributed by atoms with Crippen molar-refractivity contribution in [3.05, 3.63) is 61.8 Å². The van der Waals surface area contributed by atoms with Crippen molar-refractivity contribution in [3.8, 4) is 0 Å². The fraction of sp³-hybridized carbons (Fsp3) is 0.333. The Balaban J connectivity index is -0.0000000608. The summed E-state index contributed by atoms with van der Waals surface area (Å²) >= 11 is 0. The van der Waals surface area contributed by atoms with Crippen LogP contribution in [0.3, 0.4) is 0 Å². The van der Waals surface area contributed by atoms with Gasteiger partial charge in [-0.3, -0.25) is 0 Å². The molecule has 0 atom stereocenters. The van der Waals surface area contributed by atoms with Gasteiger partial charge < -0.3 is 10.2 Å². The summed E-state index contributed by atoms with van der Waals surface area (Å²) in [5, 5.41) is 16.0. The topological polar surface area (TPSA) is 211 Å². The van der Waals surface area contributed by atoms with Crippen LogP contribution >= 0.6 is 0 Å². The average Bonchev–Trinajstić information content (AvgIpc) is 2.93. The molecule has 2 N–H and O–H groups in total. The molecule has 12 heteroatoms. The van der Waals surface area contributed by atoms with Crippen LogP contribution in [0.15, 0.2) is 61.8 Å². The van der Waals surface area contributed by atoms with Gasteiger partial charge in [-0.05, 0) is 51.4 Å². The molecule has 0 unspecified atom stereocenters. The van der Waals surface area contributed by atoms with Crippen LogP contribution in [0.25, 0.3) is 0 Å². The highest BCUT2D eigenvalue weighted by atomic mass is 16.4. The highest BCUT2D eigenvalue weighted by Crippen LogP contribution is 2.07. The van der Waals surface area contributed by atoms with E-state index >= 15 is 0 Å². The molecule has 0 radical (unpaired) electrons. The van der Waals surface area contributed by atoms with E-state index in [2.05, 4.69) is 37.5 Å². The third-order valence-corrected chi connectivity index (χ3v) is 2.91. The molecule has 2 aliphatic rings. The van der Waals surface area contributed by atoms with E-state index in [0.29, 0.717) is 0 Å². The minimum atomic E-state index is -1.10. The number of carboxylic acids is 2.